The molecule has 4 heteroatoms. The number of hydrogen-bond donors (Lipinski definition) is 1. The minimum atomic E-state index is 0.529. The molecule has 0 aliphatic heterocycles. The first kappa shape index (κ1) is 17.9. The molecular weight excluding hydrogens is 338 g/mol. The number of thiazole rings is 1. The molecule has 1 N–H and O–H groups in total. The lowest BCUT2D eigenvalue weighted by molar-refractivity contribution is 0.647. The molecule has 0 saturated carbocycles. The number of hydrogen-bond acceptors (Lipinski definition) is 4. The average Bonchev–Trinajstić information content (AvgIpc) is 3.13. The third-order valence-electron chi connectivity index (χ3n) is 3.91. The number of nitriles is 1. The summed E-state index contributed by atoms with van der Waals surface area (Å²) in [6.45, 7) is 4.44. The van der Waals surface area contributed by atoms with Crippen LogP contribution in [0.1, 0.15) is 24.4 Å². The van der Waals surface area contributed by atoms with Crippen molar-refractivity contribution in [3.05, 3.63) is 76.7 Å². The van der Waals surface area contributed by atoms with Gasteiger partial charge in [0.1, 0.15) is 16.6 Å². The molecule has 0 aliphatic carbocycles. The Balaban J connectivity index is 1.76. The van der Waals surface area contributed by atoms with E-state index < -0.39 is 0 Å². The van der Waals surface area contributed by atoms with Gasteiger partial charge in [0.15, 0.2) is 0 Å². The fraction of sp³-hybridized carbons (Fsp3) is 0.182. The quantitative estimate of drug-likeness (QED) is 0.550. The Bertz CT molecular complexity index is 916. The van der Waals surface area contributed by atoms with E-state index in [1.54, 1.807) is 6.20 Å². The fourth-order valence-corrected chi connectivity index (χ4v) is 3.44. The normalized spacial score (nSPS) is 11.4. The molecule has 0 radical (unpaired) electrons. The molecule has 0 fully saturated rings. The van der Waals surface area contributed by atoms with Gasteiger partial charge in [0, 0.05) is 22.8 Å². The van der Waals surface area contributed by atoms with Crippen LogP contribution in [0.4, 0.5) is 5.69 Å². The molecule has 1 aromatic heterocycles. The highest BCUT2D eigenvalue weighted by molar-refractivity contribution is 7.11. The topological polar surface area (TPSA) is 48.7 Å². The van der Waals surface area contributed by atoms with Crippen LogP contribution in [0.25, 0.3) is 16.8 Å². The Morgan fingerprint density at radius 2 is 1.88 bits per heavy atom. The van der Waals surface area contributed by atoms with E-state index in [1.807, 2.05) is 35.7 Å². The highest BCUT2D eigenvalue weighted by Gasteiger charge is 2.09. The van der Waals surface area contributed by atoms with Gasteiger partial charge in [-0.15, -0.1) is 11.3 Å². The van der Waals surface area contributed by atoms with Crippen molar-refractivity contribution in [1.82, 2.24) is 4.98 Å². The summed E-state index contributed by atoms with van der Waals surface area (Å²) < 4.78 is 0. The van der Waals surface area contributed by atoms with E-state index >= 15 is 0 Å². The molecule has 130 valence electrons. The fourth-order valence-electron chi connectivity index (χ4n) is 2.64. The maximum Gasteiger partial charge on any atom is 0.136 e. The van der Waals surface area contributed by atoms with Crippen molar-refractivity contribution in [2.45, 2.75) is 20.3 Å². The summed E-state index contributed by atoms with van der Waals surface area (Å²) in [6.07, 6.45) is 2.79. The molecular formula is C22H21N3S. The predicted molar refractivity (Wildman–Crippen MR) is 110 cm³/mol. The summed E-state index contributed by atoms with van der Waals surface area (Å²) in [7, 11) is 0. The molecule has 1 heterocycles. The number of anilines is 1. The maximum atomic E-state index is 9.47. The van der Waals surface area contributed by atoms with Crippen molar-refractivity contribution in [1.29, 1.82) is 5.26 Å². The van der Waals surface area contributed by atoms with Gasteiger partial charge in [0.2, 0.25) is 0 Å². The first-order valence-electron chi connectivity index (χ1n) is 8.63. The SMILES string of the molecule is CC(C)Cc1ccc(-c2csc(/C(C#N)=C/Nc3ccccc3)n2)cc1. The number of nitrogens with one attached hydrogen (secondary N) is 1. The third-order valence-corrected chi connectivity index (χ3v) is 4.78. The summed E-state index contributed by atoms with van der Waals surface area (Å²) in [5.41, 5.74) is 4.79. The van der Waals surface area contributed by atoms with Crippen molar-refractivity contribution in [3.63, 3.8) is 0 Å². The molecule has 3 nitrogen and oxygen atoms in total. The van der Waals surface area contributed by atoms with Crippen molar-refractivity contribution in [2.75, 3.05) is 5.32 Å². The van der Waals surface area contributed by atoms with Crippen molar-refractivity contribution >= 4 is 22.6 Å². The van der Waals surface area contributed by atoms with Crippen LogP contribution in [0, 0.1) is 17.2 Å². The van der Waals surface area contributed by atoms with Gasteiger partial charge in [-0.2, -0.15) is 5.26 Å². The van der Waals surface area contributed by atoms with E-state index in [4.69, 9.17) is 0 Å². The molecule has 0 amide bonds. The number of aromatic nitrogens is 1. The van der Waals surface area contributed by atoms with Crippen molar-refractivity contribution < 1.29 is 0 Å². The van der Waals surface area contributed by atoms with Gasteiger partial charge >= 0.3 is 0 Å². The lowest BCUT2D eigenvalue weighted by Gasteiger charge is -2.05. The van der Waals surface area contributed by atoms with Crippen LogP contribution in [-0.2, 0) is 6.42 Å². The summed E-state index contributed by atoms with van der Waals surface area (Å²) in [5.74, 6) is 0.646. The zero-order valence-electron chi connectivity index (χ0n) is 14.9. The average molecular weight is 359 g/mol. The monoisotopic (exact) mass is 359 g/mol. The Morgan fingerprint density at radius 1 is 1.15 bits per heavy atom. The summed E-state index contributed by atoms with van der Waals surface area (Å²) in [5, 5.41) is 15.3. The molecule has 3 aromatic rings. The molecule has 0 bridgehead atoms. The van der Waals surface area contributed by atoms with E-state index in [1.165, 1.54) is 16.9 Å². The summed E-state index contributed by atoms with van der Waals surface area (Å²) in [4.78, 5) is 4.64. The smallest absolute Gasteiger partial charge is 0.136 e. The predicted octanol–water partition coefficient (Wildman–Crippen LogP) is 5.99. The van der Waals surface area contributed by atoms with Crippen LogP contribution in [-0.4, -0.2) is 4.98 Å². The first-order chi connectivity index (χ1) is 12.7. The number of nitrogens with zero attached hydrogens (tertiary/aromatic N) is 2. The van der Waals surface area contributed by atoms with Crippen LogP contribution in [0.5, 0.6) is 0 Å². The largest absolute Gasteiger partial charge is 0.360 e. The van der Waals surface area contributed by atoms with Crippen LogP contribution in [0.3, 0.4) is 0 Å². The first-order valence-corrected chi connectivity index (χ1v) is 9.50. The van der Waals surface area contributed by atoms with Crippen LogP contribution < -0.4 is 5.32 Å². The van der Waals surface area contributed by atoms with Gasteiger partial charge in [-0.3, -0.25) is 0 Å². The molecule has 2 aromatic carbocycles. The third kappa shape index (κ3) is 4.59. The van der Waals surface area contributed by atoms with E-state index in [0.717, 1.165) is 28.4 Å². The minimum Gasteiger partial charge on any atom is -0.360 e. The number of para-hydroxylation sites is 1. The van der Waals surface area contributed by atoms with E-state index in [-0.39, 0.29) is 0 Å². The van der Waals surface area contributed by atoms with E-state index in [2.05, 4.69) is 54.5 Å². The second-order valence-corrected chi connectivity index (χ2v) is 7.37. The highest BCUT2D eigenvalue weighted by Crippen LogP contribution is 2.26. The number of rotatable bonds is 6. The minimum absolute atomic E-state index is 0.529. The molecule has 0 saturated heterocycles. The maximum absolute atomic E-state index is 9.47. The molecule has 3 rings (SSSR count). The van der Waals surface area contributed by atoms with Gasteiger partial charge in [0.25, 0.3) is 0 Å². The van der Waals surface area contributed by atoms with Gasteiger partial charge in [-0.1, -0.05) is 56.3 Å². The second kappa shape index (κ2) is 8.46. The Kier molecular flexibility index (Phi) is 5.83. The molecule has 26 heavy (non-hydrogen) atoms. The Hall–Kier alpha value is -2.90. The highest BCUT2D eigenvalue weighted by atomic mass is 32.1. The molecule has 0 unspecified atom stereocenters. The number of allylic oxidation sites excluding steroid dienone is 1. The van der Waals surface area contributed by atoms with Gasteiger partial charge < -0.3 is 5.32 Å². The zero-order chi connectivity index (χ0) is 18.4. The van der Waals surface area contributed by atoms with Crippen molar-refractivity contribution in [2.24, 2.45) is 5.92 Å². The van der Waals surface area contributed by atoms with E-state index in [0.29, 0.717) is 11.5 Å². The Labute approximate surface area is 158 Å². The standard InChI is InChI=1S/C22H21N3S/c1-16(2)12-17-8-10-18(11-9-17)21-15-26-22(25-21)19(13-23)14-24-20-6-4-3-5-7-20/h3-11,14-16,24H,12H2,1-2H3/b19-14+. The number of benzene rings is 2. The second-order valence-electron chi connectivity index (χ2n) is 6.51. The zero-order valence-corrected chi connectivity index (χ0v) is 15.8. The summed E-state index contributed by atoms with van der Waals surface area (Å²) >= 11 is 1.49. The molecule has 0 aliphatic rings. The van der Waals surface area contributed by atoms with Crippen LogP contribution in [0.15, 0.2) is 66.2 Å². The lowest BCUT2D eigenvalue weighted by atomic mass is 10.0. The Morgan fingerprint density at radius 3 is 2.54 bits per heavy atom. The van der Waals surface area contributed by atoms with E-state index in [9.17, 15) is 5.26 Å². The molecule has 0 atom stereocenters. The van der Waals surface area contributed by atoms with Crippen LogP contribution >= 0.6 is 11.3 Å². The summed E-state index contributed by atoms with van der Waals surface area (Å²) in [6, 6.07) is 20.5. The van der Waals surface area contributed by atoms with Gasteiger partial charge in [-0.05, 0) is 30.0 Å². The van der Waals surface area contributed by atoms with Gasteiger partial charge in [-0.25, -0.2) is 4.98 Å². The lowest BCUT2D eigenvalue weighted by Crippen LogP contribution is -1.93. The van der Waals surface area contributed by atoms with Crippen molar-refractivity contribution in [3.8, 4) is 17.3 Å². The van der Waals surface area contributed by atoms with Gasteiger partial charge in [0.05, 0.1) is 5.69 Å². The molecule has 0 spiro atoms. The van der Waals surface area contributed by atoms with Crippen LogP contribution in [0.2, 0.25) is 0 Å².